The second-order valence-electron chi connectivity index (χ2n) is 7.67. The van der Waals surface area contributed by atoms with Crippen LogP contribution in [-0.4, -0.2) is 28.9 Å². The van der Waals surface area contributed by atoms with Crippen molar-refractivity contribution in [2.75, 3.05) is 13.1 Å². The normalized spacial score (nSPS) is 17.1. The van der Waals surface area contributed by atoms with Crippen molar-refractivity contribution in [3.63, 3.8) is 0 Å². The molecule has 0 saturated carbocycles. The minimum Gasteiger partial charge on any atom is -0.348 e. The van der Waals surface area contributed by atoms with E-state index < -0.39 is 11.7 Å². The van der Waals surface area contributed by atoms with Gasteiger partial charge in [0.25, 0.3) is 0 Å². The van der Waals surface area contributed by atoms with E-state index in [1.165, 1.54) is 12.1 Å². The van der Waals surface area contributed by atoms with Crippen LogP contribution < -0.4 is 5.32 Å². The molecule has 0 aliphatic carbocycles. The van der Waals surface area contributed by atoms with Gasteiger partial charge in [0.05, 0.1) is 17.3 Å². The summed E-state index contributed by atoms with van der Waals surface area (Å²) in [5.74, 6) is 0.308. The molecule has 0 spiro atoms. The largest absolute Gasteiger partial charge is 0.416 e. The number of aromatic nitrogens is 1. The fourth-order valence-electron chi connectivity index (χ4n) is 3.72. The third kappa shape index (κ3) is 6.29. The first-order valence-electron chi connectivity index (χ1n) is 9.90. The van der Waals surface area contributed by atoms with E-state index >= 15 is 0 Å². The number of piperidine rings is 1. The van der Waals surface area contributed by atoms with Gasteiger partial charge in [-0.15, -0.1) is 0 Å². The van der Waals surface area contributed by atoms with Crippen molar-refractivity contribution in [3.8, 4) is 0 Å². The maximum absolute atomic E-state index is 12.9. The molecular formula is C22H26F3N3O. The summed E-state index contributed by atoms with van der Waals surface area (Å²) >= 11 is 0. The molecule has 7 heteroatoms. The van der Waals surface area contributed by atoms with Crippen molar-refractivity contribution in [2.24, 2.45) is 5.92 Å². The van der Waals surface area contributed by atoms with Crippen LogP contribution in [0.1, 0.15) is 49.0 Å². The van der Waals surface area contributed by atoms with Gasteiger partial charge in [-0.25, -0.2) is 0 Å². The van der Waals surface area contributed by atoms with Crippen molar-refractivity contribution < 1.29 is 18.0 Å². The number of alkyl halides is 3. The number of carbonyl (C=O) groups is 1. The molecule has 2 aromatic rings. The van der Waals surface area contributed by atoms with E-state index in [1.54, 1.807) is 12.3 Å². The first-order valence-corrected chi connectivity index (χ1v) is 9.90. The van der Waals surface area contributed by atoms with E-state index in [0.29, 0.717) is 24.4 Å². The van der Waals surface area contributed by atoms with E-state index in [1.807, 2.05) is 25.1 Å². The molecule has 0 radical (unpaired) electrons. The predicted octanol–water partition coefficient (Wildman–Crippen LogP) is 4.58. The molecule has 1 saturated heterocycles. The highest BCUT2D eigenvalue weighted by atomic mass is 19.4. The summed E-state index contributed by atoms with van der Waals surface area (Å²) < 4.78 is 38.6. The number of hydrogen-bond acceptors (Lipinski definition) is 3. The van der Waals surface area contributed by atoms with Gasteiger partial charge in [-0.05, 0) is 62.5 Å². The van der Waals surface area contributed by atoms with Crippen LogP contribution in [0.15, 0.2) is 48.7 Å². The lowest BCUT2D eigenvalue weighted by atomic mass is 9.92. The molecule has 1 aliphatic heterocycles. The van der Waals surface area contributed by atoms with Gasteiger partial charge < -0.3 is 5.32 Å². The van der Waals surface area contributed by atoms with E-state index in [9.17, 15) is 18.0 Å². The summed E-state index contributed by atoms with van der Waals surface area (Å²) in [6.45, 7) is 3.98. The number of hydrogen-bond donors (Lipinski definition) is 1. The van der Waals surface area contributed by atoms with Crippen molar-refractivity contribution in [3.05, 3.63) is 65.5 Å². The molecule has 2 heterocycles. The SMILES string of the molecule is C[C@H](NC(=O)CC1CCN(Cc2cccc(C(F)(F)F)c2)CC1)c1ccccn1. The average molecular weight is 405 g/mol. The Morgan fingerprint density at radius 3 is 2.62 bits per heavy atom. The van der Waals surface area contributed by atoms with Gasteiger partial charge in [-0.1, -0.05) is 24.3 Å². The Hall–Kier alpha value is -2.41. The standard InChI is InChI=1S/C22H26F3N3O/c1-16(20-7-2-3-10-26-20)27-21(29)14-17-8-11-28(12-9-17)15-18-5-4-6-19(13-18)22(23,24)25/h2-7,10,13,16-17H,8-9,11-12,14-15H2,1H3,(H,27,29)/t16-/m0/s1. The topological polar surface area (TPSA) is 45.2 Å². The van der Waals surface area contributed by atoms with Gasteiger partial charge in [0, 0.05) is 19.2 Å². The second kappa shape index (κ2) is 9.39. The van der Waals surface area contributed by atoms with Crippen LogP contribution in [0.3, 0.4) is 0 Å². The van der Waals surface area contributed by atoms with Gasteiger partial charge in [-0.3, -0.25) is 14.7 Å². The average Bonchev–Trinajstić information content (AvgIpc) is 2.69. The highest BCUT2D eigenvalue weighted by Gasteiger charge is 2.30. The number of benzene rings is 1. The summed E-state index contributed by atoms with van der Waals surface area (Å²) in [6, 6.07) is 11.0. The molecule has 1 aromatic heterocycles. The van der Waals surface area contributed by atoms with Gasteiger partial charge in [0.15, 0.2) is 0 Å². The number of rotatable bonds is 6. The summed E-state index contributed by atoms with van der Waals surface area (Å²) in [6.07, 6.45) is -0.413. The molecule has 29 heavy (non-hydrogen) atoms. The third-order valence-electron chi connectivity index (χ3n) is 5.35. The fourth-order valence-corrected chi connectivity index (χ4v) is 3.72. The molecular weight excluding hydrogens is 379 g/mol. The summed E-state index contributed by atoms with van der Waals surface area (Å²) in [7, 11) is 0. The summed E-state index contributed by atoms with van der Waals surface area (Å²) in [4.78, 5) is 18.8. The zero-order valence-corrected chi connectivity index (χ0v) is 16.5. The lowest BCUT2D eigenvalue weighted by Gasteiger charge is -2.32. The van der Waals surface area contributed by atoms with Gasteiger partial charge >= 0.3 is 6.18 Å². The lowest BCUT2D eigenvalue weighted by Crippen LogP contribution is -2.36. The van der Waals surface area contributed by atoms with Crippen LogP contribution in [0, 0.1) is 5.92 Å². The van der Waals surface area contributed by atoms with Gasteiger partial charge in [0.2, 0.25) is 5.91 Å². The Bertz CT molecular complexity index is 802. The van der Waals surface area contributed by atoms with Gasteiger partial charge in [-0.2, -0.15) is 13.2 Å². The number of pyridine rings is 1. The van der Waals surface area contributed by atoms with E-state index in [-0.39, 0.29) is 11.9 Å². The highest BCUT2D eigenvalue weighted by molar-refractivity contribution is 5.76. The van der Waals surface area contributed by atoms with Crippen LogP contribution in [0.2, 0.25) is 0 Å². The number of halogens is 3. The molecule has 1 aliphatic rings. The van der Waals surface area contributed by atoms with Crippen LogP contribution in [-0.2, 0) is 17.5 Å². The minimum absolute atomic E-state index is 0.0134. The monoisotopic (exact) mass is 405 g/mol. The number of nitrogens with one attached hydrogen (secondary N) is 1. The molecule has 0 unspecified atom stereocenters. The van der Waals surface area contributed by atoms with E-state index in [2.05, 4.69) is 15.2 Å². The van der Waals surface area contributed by atoms with Crippen molar-refractivity contribution in [1.82, 2.24) is 15.2 Å². The zero-order chi connectivity index (χ0) is 20.9. The predicted molar refractivity (Wildman–Crippen MR) is 105 cm³/mol. The Labute approximate surface area is 169 Å². The maximum Gasteiger partial charge on any atom is 0.416 e. The van der Waals surface area contributed by atoms with Crippen LogP contribution in [0.25, 0.3) is 0 Å². The van der Waals surface area contributed by atoms with Crippen LogP contribution in [0.4, 0.5) is 13.2 Å². The van der Waals surface area contributed by atoms with Gasteiger partial charge in [0.1, 0.15) is 0 Å². The number of amides is 1. The van der Waals surface area contributed by atoms with E-state index in [0.717, 1.165) is 37.7 Å². The maximum atomic E-state index is 12.9. The summed E-state index contributed by atoms with van der Waals surface area (Å²) in [5.41, 5.74) is 0.889. The Morgan fingerprint density at radius 1 is 1.21 bits per heavy atom. The number of carbonyl (C=O) groups excluding carboxylic acids is 1. The molecule has 3 rings (SSSR count). The fraction of sp³-hybridized carbons (Fsp3) is 0.455. The molecule has 1 aromatic carbocycles. The first-order chi connectivity index (χ1) is 13.8. The Morgan fingerprint density at radius 2 is 1.97 bits per heavy atom. The Kier molecular flexibility index (Phi) is 6.90. The number of nitrogens with zero attached hydrogens (tertiary/aromatic N) is 2. The quantitative estimate of drug-likeness (QED) is 0.765. The van der Waals surface area contributed by atoms with Crippen molar-refractivity contribution >= 4 is 5.91 Å². The van der Waals surface area contributed by atoms with Crippen LogP contribution in [0.5, 0.6) is 0 Å². The molecule has 1 atom stereocenters. The zero-order valence-electron chi connectivity index (χ0n) is 16.5. The minimum atomic E-state index is -4.32. The molecule has 1 fully saturated rings. The smallest absolute Gasteiger partial charge is 0.348 e. The third-order valence-corrected chi connectivity index (χ3v) is 5.35. The molecule has 4 nitrogen and oxygen atoms in total. The summed E-state index contributed by atoms with van der Waals surface area (Å²) in [5, 5.41) is 2.99. The van der Waals surface area contributed by atoms with Crippen molar-refractivity contribution in [2.45, 2.75) is 44.9 Å². The highest BCUT2D eigenvalue weighted by Crippen LogP contribution is 2.30. The van der Waals surface area contributed by atoms with Crippen LogP contribution >= 0.6 is 0 Å². The molecule has 1 N–H and O–H groups in total. The Balaban J connectivity index is 1.44. The molecule has 0 bridgehead atoms. The first kappa shape index (κ1) is 21.3. The molecule has 156 valence electrons. The lowest BCUT2D eigenvalue weighted by molar-refractivity contribution is -0.137. The molecule has 1 amide bonds. The second-order valence-corrected chi connectivity index (χ2v) is 7.67. The van der Waals surface area contributed by atoms with E-state index in [4.69, 9.17) is 0 Å². The number of likely N-dealkylation sites (tertiary alicyclic amines) is 1. The van der Waals surface area contributed by atoms with Crippen molar-refractivity contribution in [1.29, 1.82) is 0 Å².